The molecule has 1 heterocycles. The zero-order valence-corrected chi connectivity index (χ0v) is 12.7. The van der Waals surface area contributed by atoms with Gasteiger partial charge >= 0.3 is 5.91 Å². The number of ether oxygens (including phenoxy) is 2. The average Bonchev–Trinajstić information content (AvgIpc) is 3.02. The Morgan fingerprint density at radius 3 is 2.77 bits per heavy atom. The summed E-state index contributed by atoms with van der Waals surface area (Å²) in [4.78, 5) is 11.7. The minimum atomic E-state index is -0.421. The topological polar surface area (TPSA) is 73.1 Å². The summed E-state index contributed by atoms with van der Waals surface area (Å²) in [6, 6.07) is 8.64. The first-order valence-corrected chi connectivity index (χ1v) is 6.82. The van der Waals surface area contributed by atoms with Gasteiger partial charge in [-0.2, -0.15) is 5.10 Å². The summed E-state index contributed by atoms with van der Waals surface area (Å²) < 4.78 is 16.0. The maximum atomic E-state index is 11.7. The Labute approximate surface area is 128 Å². The first-order chi connectivity index (χ1) is 10.6. The molecule has 0 aliphatic rings. The van der Waals surface area contributed by atoms with Crippen molar-refractivity contribution in [2.24, 2.45) is 5.10 Å². The summed E-state index contributed by atoms with van der Waals surface area (Å²) in [5, 5.41) is 3.92. The third-order valence-electron chi connectivity index (χ3n) is 2.70. The second-order valence-electron chi connectivity index (χ2n) is 4.72. The highest BCUT2D eigenvalue weighted by molar-refractivity contribution is 5.92. The molecule has 22 heavy (non-hydrogen) atoms. The SMILES string of the molecule is COc1cccc(/C=N\NC(=O)c2ccco2)c1OC(C)C. The Morgan fingerprint density at radius 2 is 2.14 bits per heavy atom. The number of hydrazone groups is 1. The molecule has 116 valence electrons. The molecule has 0 saturated heterocycles. The van der Waals surface area contributed by atoms with E-state index in [1.54, 1.807) is 25.3 Å². The third kappa shape index (κ3) is 3.88. The van der Waals surface area contributed by atoms with Gasteiger partial charge in [-0.1, -0.05) is 6.07 Å². The highest BCUT2D eigenvalue weighted by Gasteiger charge is 2.11. The minimum Gasteiger partial charge on any atom is -0.493 e. The van der Waals surface area contributed by atoms with Crippen molar-refractivity contribution in [2.75, 3.05) is 7.11 Å². The van der Waals surface area contributed by atoms with Crippen LogP contribution in [0.2, 0.25) is 0 Å². The van der Waals surface area contributed by atoms with E-state index < -0.39 is 5.91 Å². The third-order valence-corrected chi connectivity index (χ3v) is 2.70. The molecule has 0 fully saturated rings. The fraction of sp³-hybridized carbons (Fsp3) is 0.250. The number of hydrogen-bond acceptors (Lipinski definition) is 5. The number of nitrogens with zero attached hydrogens (tertiary/aromatic N) is 1. The highest BCUT2D eigenvalue weighted by Crippen LogP contribution is 2.30. The van der Waals surface area contributed by atoms with Crippen LogP contribution in [0.4, 0.5) is 0 Å². The highest BCUT2D eigenvalue weighted by atomic mass is 16.5. The van der Waals surface area contributed by atoms with Crippen molar-refractivity contribution < 1.29 is 18.7 Å². The fourth-order valence-corrected chi connectivity index (χ4v) is 1.78. The minimum absolute atomic E-state index is 0.0128. The molecule has 0 unspecified atom stereocenters. The summed E-state index contributed by atoms with van der Waals surface area (Å²) >= 11 is 0. The van der Waals surface area contributed by atoms with Gasteiger partial charge in [0.2, 0.25) is 0 Å². The lowest BCUT2D eigenvalue weighted by atomic mass is 10.2. The molecule has 1 aromatic heterocycles. The Balaban J connectivity index is 2.14. The van der Waals surface area contributed by atoms with Crippen LogP contribution < -0.4 is 14.9 Å². The maximum Gasteiger partial charge on any atom is 0.307 e. The van der Waals surface area contributed by atoms with Gasteiger partial charge in [-0.3, -0.25) is 4.79 Å². The van der Waals surface area contributed by atoms with Crippen LogP contribution in [0.15, 0.2) is 46.1 Å². The molecule has 0 spiro atoms. The van der Waals surface area contributed by atoms with Gasteiger partial charge in [0.15, 0.2) is 17.3 Å². The van der Waals surface area contributed by atoms with Crippen molar-refractivity contribution in [2.45, 2.75) is 20.0 Å². The number of nitrogens with one attached hydrogen (secondary N) is 1. The molecule has 0 aliphatic carbocycles. The molecule has 1 amide bonds. The van der Waals surface area contributed by atoms with Crippen molar-refractivity contribution in [3.05, 3.63) is 47.9 Å². The first kappa shape index (κ1) is 15.6. The van der Waals surface area contributed by atoms with Crippen molar-refractivity contribution in [3.8, 4) is 11.5 Å². The van der Waals surface area contributed by atoms with Crippen LogP contribution in [0, 0.1) is 0 Å². The molecule has 6 nitrogen and oxygen atoms in total. The van der Waals surface area contributed by atoms with Gasteiger partial charge in [0.25, 0.3) is 0 Å². The summed E-state index contributed by atoms with van der Waals surface area (Å²) in [5.41, 5.74) is 3.09. The van der Waals surface area contributed by atoms with Crippen LogP contribution in [-0.4, -0.2) is 25.3 Å². The fourth-order valence-electron chi connectivity index (χ4n) is 1.78. The average molecular weight is 302 g/mol. The molecule has 0 aliphatic heterocycles. The standard InChI is InChI=1S/C16H18N2O4/c1-11(2)22-15-12(6-4-7-13(15)20-3)10-17-18-16(19)14-8-5-9-21-14/h4-11H,1-3H3,(H,18,19)/b17-10-. The largest absolute Gasteiger partial charge is 0.493 e. The molecule has 2 aromatic rings. The van der Waals surface area contributed by atoms with Gasteiger partial charge in [0.1, 0.15) is 0 Å². The summed E-state index contributed by atoms with van der Waals surface area (Å²) in [5.74, 6) is 0.961. The summed E-state index contributed by atoms with van der Waals surface area (Å²) in [7, 11) is 1.57. The Bertz CT molecular complexity index is 648. The Kier molecular flexibility index (Phi) is 5.19. The zero-order valence-electron chi connectivity index (χ0n) is 12.7. The molecular formula is C16H18N2O4. The number of carbonyl (C=O) groups is 1. The second kappa shape index (κ2) is 7.31. The number of para-hydroxylation sites is 1. The molecular weight excluding hydrogens is 284 g/mol. The molecule has 2 rings (SSSR count). The monoisotopic (exact) mass is 302 g/mol. The second-order valence-corrected chi connectivity index (χ2v) is 4.72. The van der Waals surface area contributed by atoms with Crippen molar-refractivity contribution in [3.63, 3.8) is 0 Å². The van der Waals surface area contributed by atoms with E-state index in [0.29, 0.717) is 17.1 Å². The van der Waals surface area contributed by atoms with Crippen LogP contribution in [-0.2, 0) is 0 Å². The number of hydrogen-bond donors (Lipinski definition) is 1. The molecule has 0 saturated carbocycles. The van der Waals surface area contributed by atoms with E-state index in [-0.39, 0.29) is 11.9 Å². The summed E-state index contributed by atoms with van der Waals surface area (Å²) in [6.07, 6.45) is 2.91. The van der Waals surface area contributed by atoms with Crippen molar-refractivity contribution in [1.29, 1.82) is 0 Å². The number of furan rings is 1. The quantitative estimate of drug-likeness (QED) is 0.658. The van der Waals surface area contributed by atoms with Gasteiger partial charge in [-0.25, -0.2) is 5.43 Å². The van der Waals surface area contributed by atoms with E-state index in [4.69, 9.17) is 13.9 Å². The molecule has 0 radical (unpaired) electrons. The Hall–Kier alpha value is -2.76. The van der Waals surface area contributed by atoms with Gasteiger partial charge in [-0.15, -0.1) is 0 Å². The molecule has 1 N–H and O–H groups in total. The van der Waals surface area contributed by atoms with Crippen LogP contribution >= 0.6 is 0 Å². The summed E-state index contributed by atoms with van der Waals surface area (Å²) in [6.45, 7) is 3.85. The number of benzene rings is 1. The van der Waals surface area contributed by atoms with E-state index in [9.17, 15) is 4.79 Å². The molecule has 1 aromatic carbocycles. The lowest BCUT2D eigenvalue weighted by Crippen LogP contribution is -2.17. The number of methoxy groups -OCH3 is 1. The predicted octanol–water partition coefficient (Wildman–Crippen LogP) is 2.84. The molecule has 0 atom stereocenters. The lowest BCUT2D eigenvalue weighted by molar-refractivity contribution is 0.0927. The van der Waals surface area contributed by atoms with Crippen LogP contribution in [0.25, 0.3) is 0 Å². The van der Waals surface area contributed by atoms with Gasteiger partial charge in [-0.05, 0) is 38.1 Å². The first-order valence-electron chi connectivity index (χ1n) is 6.82. The maximum absolute atomic E-state index is 11.7. The van der Waals surface area contributed by atoms with E-state index in [0.717, 1.165) is 0 Å². The zero-order chi connectivity index (χ0) is 15.9. The normalized spacial score (nSPS) is 10.9. The predicted molar refractivity (Wildman–Crippen MR) is 82.5 cm³/mol. The van der Waals surface area contributed by atoms with Gasteiger partial charge < -0.3 is 13.9 Å². The van der Waals surface area contributed by atoms with Crippen LogP contribution in [0.1, 0.15) is 30.0 Å². The number of amides is 1. The van der Waals surface area contributed by atoms with Gasteiger partial charge in [0.05, 0.1) is 25.7 Å². The molecule has 0 bridgehead atoms. The lowest BCUT2D eigenvalue weighted by Gasteiger charge is -2.15. The number of carbonyl (C=O) groups excluding carboxylic acids is 1. The van der Waals surface area contributed by atoms with Crippen LogP contribution in [0.5, 0.6) is 11.5 Å². The van der Waals surface area contributed by atoms with E-state index in [1.165, 1.54) is 12.5 Å². The smallest absolute Gasteiger partial charge is 0.307 e. The van der Waals surface area contributed by atoms with Crippen molar-refractivity contribution >= 4 is 12.1 Å². The van der Waals surface area contributed by atoms with E-state index >= 15 is 0 Å². The van der Waals surface area contributed by atoms with E-state index in [1.807, 2.05) is 26.0 Å². The van der Waals surface area contributed by atoms with Crippen molar-refractivity contribution in [1.82, 2.24) is 5.43 Å². The van der Waals surface area contributed by atoms with E-state index in [2.05, 4.69) is 10.5 Å². The van der Waals surface area contributed by atoms with Gasteiger partial charge in [0, 0.05) is 5.56 Å². The van der Waals surface area contributed by atoms with Crippen LogP contribution in [0.3, 0.4) is 0 Å². The molecule has 6 heteroatoms. The Morgan fingerprint density at radius 1 is 1.32 bits per heavy atom. The number of rotatable bonds is 6.